The Hall–Kier alpha value is -1.09. The molecule has 14 heavy (non-hydrogen) atoms. The standard InChI is InChI=1S/C11H15N3/c1-2-4-13-11(3-1)14-7-10(8-14)9-5-12-6-9/h1-4,9-10,12H,5-8H2. The molecule has 1 aromatic rings. The second kappa shape index (κ2) is 3.24. The van der Waals surface area contributed by atoms with Gasteiger partial charge in [0.05, 0.1) is 0 Å². The third-order valence-electron chi connectivity index (χ3n) is 3.36. The number of hydrogen-bond acceptors (Lipinski definition) is 3. The van der Waals surface area contributed by atoms with E-state index in [1.54, 1.807) is 0 Å². The van der Waals surface area contributed by atoms with Gasteiger partial charge in [-0.3, -0.25) is 0 Å². The van der Waals surface area contributed by atoms with Crippen molar-refractivity contribution in [1.82, 2.24) is 10.3 Å². The van der Waals surface area contributed by atoms with Gasteiger partial charge in [0.25, 0.3) is 0 Å². The van der Waals surface area contributed by atoms with Crippen molar-refractivity contribution in [1.29, 1.82) is 0 Å². The summed E-state index contributed by atoms with van der Waals surface area (Å²) >= 11 is 0. The van der Waals surface area contributed by atoms with E-state index in [2.05, 4.69) is 27.3 Å². The van der Waals surface area contributed by atoms with Crippen LogP contribution in [-0.4, -0.2) is 31.2 Å². The van der Waals surface area contributed by atoms with Gasteiger partial charge in [0.1, 0.15) is 5.82 Å². The van der Waals surface area contributed by atoms with Crippen LogP contribution in [0.25, 0.3) is 0 Å². The summed E-state index contributed by atoms with van der Waals surface area (Å²) < 4.78 is 0. The fourth-order valence-corrected chi connectivity index (χ4v) is 2.18. The molecule has 0 amide bonds. The molecule has 0 bridgehead atoms. The molecule has 1 aromatic heterocycles. The smallest absolute Gasteiger partial charge is 0.128 e. The Bertz CT molecular complexity index is 302. The van der Waals surface area contributed by atoms with Crippen molar-refractivity contribution in [3.63, 3.8) is 0 Å². The second-order valence-electron chi connectivity index (χ2n) is 4.27. The molecule has 0 unspecified atom stereocenters. The number of anilines is 1. The van der Waals surface area contributed by atoms with Crippen LogP contribution in [0.2, 0.25) is 0 Å². The van der Waals surface area contributed by atoms with E-state index in [1.165, 1.54) is 26.2 Å². The molecular weight excluding hydrogens is 174 g/mol. The highest BCUT2D eigenvalue weighted by atomic mass is 15.2. The first kappa shape index (κ1) is 8.24. The molecule has 2 aliphatic heterocycles. The van der Waals surface area contributed by atoms with E-state index in [4.69, 9.17) is 0 Å². The summed E-state index contributed by atoms with van der Waals surface area (Å²) in [7, 11) is 0. The van der Waals surface area contributed by atoms with E-state index in [-0.39, 0.29) is 0 Å². The normalized spacial score (nSPS) is 23.0. The van der Waals surface area contributed by atoms with Crippen LogP contribution in [0.15, 0.2) is 24.4 Å². The monoisotopic (exact) mass is 189 g/mol. The lowest BCUT2D eigenvalue weighted by Crippen LogP contribution is -2.58. The number of rotatable bonds is 2. The molecule has 2 aliphatic rings. The molecule has 1 N–H and O–H groups in total. The van der Waals surface area contributed by atoms with Crippen LogP contribution in [0.3, 0.4) is 0 Å². The van der Waals surface area contributed by atoms with Crippen molar-refractivity contribution in [2.24, 2.45) is 11.8 Å². The maximum absolute atomic E-state index is 4.35. The van der Waals surface area contributed by atoms with E-state index in [0.29, 0.717) is 0 Å². The number of hydrogen-bond donors (Lipinski definition) is 1. The van der Waals surface area contributed by atoms with Crippen LogP contribution in [-0.2, 0) is 0 Å². The van der Waals surface area contributed by atoms with Crippen LogP contribution < -0.4 is 10.2 Å². The highest BCUT2D eigenvalue weighted by Gasteiger charge is 2.36. The minimum absolute atomic E-state index is 0.901. The topological polar surface area (TPSA) is 28.2 Å². The molecule has 3 heterocycles. The average molecular weight is 189 g/mol. The summed E-state index contributed by atoms with van der Waals surface area (Å²) in [6.45, 7) is 4.84. The summed E-state index contributed by atoms with van der Waals surface area (Å²) in [5, 5.41) is 3.33. The van der Waals surface area contributed by atoms with Crippen LogP contribution >= 0.6 is 0 Å². The maximum atomic E-state index is 4.35. The van der Waals surface area contributed by atoms with Crippen LogP contribution in [0, 0.1) is 11.8 Å². The first-order chi connectivity index (χ1) is 6.93. The second-order valence-corrected chi connectivity index (χ2v) is 4.27. The van der Waals surface area contributed by atoms with E-state index >= 15 is 0 Å². The maximum Gasteiger partial charge on any atom is 0.128 e. The molecule has 0 saturated carbocycles. The van der Waals surface area contributed by atoms with Crippen molar-refractivity contribution in [2.75, 3.05) is 31.1 Å². The molecule has 0 radical (unpaired) electrons. The predicted molar refractivity (Wildman–Crippen MR) is 56.3 cm³/mol. The first-order valence-electron chi connectivity index (χ1n) is 5.30. The Morgan fingerprint density at radius 1 is 1.21 bits per heavy atom. The SMILES string of the molecule is c1ccc(N2CC(C3CNC3)C2)nc1. The Kier molecular flexibility index (Phi) is 1.91. The number of nitrogens with one attached hydrogen (secondary N) is 1. The van der Waals surface area contributed by atoms with Crippen molar-refractivity contribution >= 4 is 5.82 Å². The van der Waals surface area contributed by atoms with Crippen LogP contribution in [0.1, 0.15) is 0 Å². The summed E-state index contributed by atoms with van der Waals surface area (Å²) in [6.07, 6.45) is 1.87. The number of pyridine rings is 1. The van der Waals surface area contributed by atoms with Gasteiger partial charge in [-0.1, -0.05) is 6.07 Å². The van der Waals surface area contributed by atoms with E-state index in [0.717, 1.165) is 17.7 Å². The highest BCUT2D eigenvalue weighted by Crippen LogP contribution is 2.29. The van der Waals surface area contributed by atoms with Crippen molar-refractivity contribution in [2.45, 2.75) is 0 Å². The van der Waals surface area contributed by atoms with Gasteiger partial charge < -0.3 is 10.2 Å². The van der Waals surface area contributed by atoms with E-state index in [1.807, 2.05) is 12.3 Å². The lowest BCUT2D eigenvalue weighted by molar-refractivity contribution is 0.196. The molecular formula is C11H15N3. The molecule has 74 valence electrons. The Labute approximate surface area is 84.1 Å². The highest BCUT2D eigenvalue weighted by molar-refractivity contribution is 5.41. The van der Waals surface area contributed by atoms with Gasteiger partial charge in [0.15, 0.2) is 0 Å². The van der Waals surface area contributed by atoms with Gasteiger partial charge in [0.2, 0.25) is 0 Å². The van der Waals surface area contributed by atoms with E-state index < -0.39 is 0 Å². The van der Waals surface area contributed by atoms with Crippen molar-refractivity contribution in [3.8, 4) is 0 Å². The average Bonchev–Trinajstić information content (AvgIpc) is 2.09. The van der Waals surface area contributed by atoms with E-state index in [9.17, 15) is 0 Å². The number of nitrogens with zero attached hydrogens (tertiary/aromatic N) is 2. The minimum atomic E-state index is 0.901. The predicted octanol–water partition coefficient (Wildman–Crippen LogP) is 0.737. The molecule has 0 atom stereocenters. The summed E-state index contributed by atoms with van der Waals surface area (Å²) in [6, 6.07) is 6.12. The quantitative estimate of drug-likeness (QED) is 0.743. The first-order valence-corrected chi connectivity index (χ1v) is 5.30. The minimum Gasteiger partial charge on any atom is -0.356 e. The van der Waals surface area contributed by atoms with Gasteiger partial charge >= 0.3 is 0 Å². The Morgan fingerprint density at radius 2 is 2.07 bits per heavy atom. The molecule has 3 heteroatoms. The zero-order chi connectivity index (χ0) is 9.38. The van der Waals surface area contributed by atoms with Crippen LogP contribution in [0.4, 0.5) is 5.82 Å². The molecule has 2 saturated heterocycles. The lowest BCUT2D eigenvalue weighted by atomic mass is 9.82. The summed E-state index contributed by atoms with van der Waals surface area (Å²) in [5.74, 6) is 2.96. The van der Waals surface area contributed by atoms with Gasteiger partial charge in [-0.15, -0.1) is 0 Å². The largest absolute Gasteiger partial charge is 0.356 e. The third kappa shape index (κ3) is 1.28. The summed E-state index contributed by atoms with van der Waals surface area (Å²) in [5.41, 5.74) is 0. The van der Waals surface area contributed by atoms with Gasteiger partial charge in [-0.25, -0.2) is 4.98 Å². The van der Waals surface area contributed by atoms with Gasteiger partial charge in [0, 0.05) is 19.3 Å². The van der Waals surface area contributed by atoms with Crippen molar-refractivity contribution < 1.29 is 0 Å². The Balaban J connectivity index is 1.59. The zero-order valence-corrected chi connectivity index (χ0v) is 8.19. The number of aromatic nitrogens is 1. The molecule has 0 aliphatic carbocycles. The molecule has 3 nitrogen and oxygen atoms in total. The van der Waals surface area contributed by atoms with Crippen molar-refractivity contribution in [3.05, 3.63) is 24.4 Å². The zero-order valence-electron chi connectivity index (χ0n) is 8.19. The van der Waals surface area contributed by atoms with Gasteiger partial charge in [-0.2, -0.15) is 0 Å². The Morgan fingerprint density at radius 3 is 2.64 bits per heavy atom. The molecule has 0 aromatic carbocycles. The molecule has 3 rings (SSSR count). The summed E-state index contributed by atoms with van der Waals surface area (Å²) in [4.78, 5) is 6.71. The lowest BCUT2D eigenvalue weighted by Gasteiger charge is -2.47. The fraction of sp³-hybridized carbons (Fsp3) is 0.545. The van der Waals surface area contributed by atoms with Gasteiger partial charge in [-0.05, 0) is 37.1 Å². The molecule has 0 spiro atoms. The fourth-order valence-electron chi connectivity index (χ4n) is 2.18. The van der Waals surface area contributed by atoms with Crippen LogP contribution in [0.5, 0.6) is 0 Å². The molecule has 2 fully saturated rings. The third-order valence-corrected chi connectivity index (χ3v) is 3.36.